The van der Waals surface area contributed by atoms with Crippen molar-refractivity contribution >= 4 is 5.69 Å². The Morgan fingerprint density at radius 3 is 2.36 bits per heavy atom. The summed E-state index contributed by atoms with van der Waals surface area (Å²) in [6.07, 6.45) is -4.45. The van der Waals surface area contributed by atoms with Gasteiger partial charge in [-0.3, -0.25) is 10.1 Å². The standard InChI is InChI=1S/C14H10F3NO4/c1-8-6-9(14(15,16)17)2-5-13(8)22-10-3-4-11(18(20)21)12(19)7-10/h2-7,19H,1H3. The minimum atomic E-state index is -4.45. The number of alkyl halides is 3. The molecule has 116 valence electrons. The first-order valence-corrected chi connectivity index (χ1v) is 6.01. The zero-order valence-corrected chi connectivity index (χ0v) is 11.2. The molecule has 0 saturated carbocycles. The SMILES string of the molecule is Cc1cc(C(F)(F)F)ccc1Oc1ccc([N+](=O)[O-])c(O)c1. The molecule has 0 amide bonds. The molecule has 0 spiro atoms. The molecule has 0 atom stereocenters. The summed E-state index contributed by atoms with van der Waals surface area (Å²) in [5, 5.41) is 20.1. The molecule has 2 rings (SSSR count). The summed E-state index contributed by atoms with van der Waals surface area (Å²) in [5.74, 6) is -0.362. The van der Waals surface area contributed by atoms with E-state index in [0.717, 1.165) is 30.3 Å². The van der Waals surface area contributed by atoms with Gasteiger partial charge in [0.15, 0.2) is 5.75 Å². The second-order valence-electron chi connectivity index (χ2n) is 4.49. The minimum Gasteiger partial charge on any atom is -0.502 e. The third kappa shape index (κ3) is 3.27. The highest BCUT2D eigenvalue weighted by molar-refractivity contribution is 5.51. The van der Waals surface area contributed by atoms with Crippen molar-refractivity contribution in [2.24, 2.45) is 0 Å². The number of ether oxygens (including phenoxy) is 1. The summed E-state index contributed by atoms with van der Waals surface area (Å²) < 4.78 is 43.0. The third-order valence-corrected chi connectivity index (χ3v) is 2.87. The van der Waals surface area contributed by atoms with E-state index in [1.54, 1.807) is 0 Å². The van der Waals surface area contributed by atoms with Crippen LogP contribution in [-0.4, -0.2) is 10.0 Å². The van der Waals surface area contributed by atoms with E-state index in [2.05, 4.69) is 0 Å². The summed E-state index contributed by atoms with van der Waals surface area (Å²) in [4.78, 5) is 9.81. The maximum Gasteiger partial charge on any atom is 0.416 e. The number of aromatic hydroxyl groups is 1. The monoisotopic (exact) mass is 313 g/mol. The summed E-state index contributed by atoms with van der Waals surface area (Å²) in [5.41, 5.74) is -1.05. The molecule has 0 unspecified atom stereocenters. The van der Waals surface area contributed by atoms with Crippen LogP contribution >= 0.6 is 0 Å². The molecule has 8 heteroatoms. The molecule has 0 aromatic heterocycles. The molecule has 2 aromatic carbocycles. The fourth-order valence-electron chi connectivity index (χ4n) is 1.79. The molecule has 0 aliphatic rings. The lowest BCUT2D eigenvalue weighted by Gasteiger charge is -2.12. The van der Waals surface area contributed by atoms with Crippen LogP contribution in [-0.2, 0) is 6.18 Å². The highest BCUT2D eigenvalue weighted by Gasteiger charge is 2.30. The highest BCUT2D eigenvalue weighted by Crippen LogP contribution is 2.35. The number of phenolic OH excluding ortho intramolecular Hbond substituents is 1. The van der Waals surface area contributed by atoms with Crippen LogP contribution in [0, 0.1) is 17.0 Å². The lowest BCUT2D eigenvalue weighted by atomic mass is 10.1. The van der Waals surface area contributed by atoms with Crippen LogP contribution in [0.2, 0.25) is 0 Å². The van der Waals surface area contributed by atoms with Crippen molar-refractivity contribution in [1.29, 1.82) is 0 Å². The van der Waals surface area contributed by atoms with E-state index in [1.165, 1.54) is 13.0 Å². The van der Waals surface area contributed by atoms with Gasteiger partial charge in [0, 0.05) is 12.1 Å². The number of benzene rings is 2. The van der Waals surface area contributed by atoms with Gasteiger partial charge in [0.1, 0.15) is 11.5 Å². The predicted molar refractivity (Wildman–Crippen MR) is 71.0 cm³/mol. The largest absolute Gasteiger partial charge is 0.502 e. The Morgan fingerprint density at radius 1 is 1.18 bits per heavy atom. The van der Waals surface area contributed by atoms with Crippen LogP contribution < -0.4 is 4.74 Å². The van der Waals surface area contributed by atoms with Gasteiger partial charge in [-0.1, -0.05) is 0 Å². The van der Waals surface area contributed by atoms with E-state index >= 15 is 0 Å². The summed E-state index contributed by atoms with van der Waals surface area (Å²) in [6.45, 7) is 1.44. The van der Waals surface area contributed by atoms with Gasteiger partial charge in [0.05, 0.1) is 10.5 Å². The molecule has 2 aromatic rings. The smallest absolute Gasteiger partial charge is 0.416 e. The number of phenols is 1. The van der Waals surface area contributed by atoms with Gasteiger partial charge in [0.2, 0.25) is 0 Å². The molecule has 0 bridgehead atoms. The van der Waals surface area contributed by atoms with Crippen molar-refractivity contribution < 1.29 is 27.9 Å². The van der Waals surface area contributed by atoms with Crippen molar-refractivity contribution in [2.45, 2.75) is 13.1 Å². The van der Waals surface area contributed by atoms with E-state index in [1.807, 2.05) is 0 Å². The Morgan fingerprint density at radius 2 is 1.86 bits per heavy atom. The molecule has 1 N–H and O–H groups in total. The van der Waals surface area contributed by atoms with Crippen LogP contribution in [0.5, 0.6) is 17.2 Å². The van der Waals surface area contributed by atoms with Gasteiger partial charge in [-0.2, -0.15) is 13.2 Å². The quantitative estimate of drug-likeness (QED) is 0.672. The van der Waals surface area contributed by atoms with E-state index in [-0.39, 0.29) is 17.1 Å². The molecule has 22 heavy (non-hydrogen) atoms. The molecule has 5 nitrogen and oxygen atoms in total. The maximum atomic E-state index is 12.6. The lowest BCUT2D eigenvalue weighted by Crippen LogP contribution is -2.05. The fourth-order valence-corrected chi connectivity index (χ4v) is 1.79. The first-order chi connectivity index (χ1) is 10.2. The molecule has 0 radical (unpaired) electrons. The average molecular weight is 313 g/mol. The lowest BCUT2D eigenvalue weighted by molar-refractivity contribution is -0.385. The second kappa shape index (κ2) is 5.55. The number of rotatable bonds is 3. The number of nitro benzene ring substituents is 1. The maximum absolute atomic E-state index is 12.6. The molecule has 0 aliphatic heterocycles. The minimum absolute atomic E-state index is 0.0750. The second-order valence-corrected chi connectivity index (χ2v) is 4.49. The Kier molecular flexibility index (Phi) is 3.94. The molecule has 0 fully saturated rings. The molecule has 0 heterocycles. The fraction of sp³-hybridized carbons (Fsp3) is 0.143. The van der Waals surface area contributed by atoms with Crippen LogP contribution in [0.1, 0.15) is 11.1 Å². The van der Waals surface area contributed by atoms with Crippen LogP contribution in [0.15, 0.2) is 36.4 Å². The van der Waals surface area contributed by atoms with Crippen LogP contribution in [0.4, 0.5) is 18.9 Å². The number of nitrogens with zero attached hydrogens (tertiary/aromatic N) is 1. The Labute approximate surface area is 122 Å². The molecular weight excluding hydrogens is 303 g/mol. The Balaban J connectivity index is 2.28. The van der Waals surface area contributed by atoms with Gasteiger partial charge in [-0.25, -0.2) is 0 Å². The predicted octanol–water partition coefficient (Wildman–Crippen LogP) is 4.42. The number of hydrogen-bond donors (Lipinski definition) is 1. The Bertz CT molecular complexity index is 729. The highest BCUT2D eigenvalue weighted by atomic mass is 19.4. The summed E-state index contributed by atoms with van der Waals surface area (Å²) >= 11 is 0. The first-order valence-electron chi connectivity index (χ1n) is 6.01. The van der Waals surface area contributed by atoms with E-state index < -0.39 is 28.1 Å². The number of nitro groups is 1. The van der Waals surface area contributed by atoms with Gasteiger partial charge < -0.3 is 9.84 Å². The van der Waals surface area contributed by atoms with Gasteiger partial charge in [-0.05, 0) is 36.8 Å². The van der Waals surface area contributed by atoms with Crippen molar-refractivity contribution in [3.05, 3.63) is 57.6 Å². The van der Waals surface area contributed by atoms with Crippen LogP contribution in [0.3, 0.4) is 0 Å². The molecule has 0 saturated heterocycles. The number of aryl methyl sites for hydroxylation is 1. The van der Waals surface area contributed by atoms with Crippen LogP contribution in [0.25, 0.3) is 0 Å². The van der Waals surface area contributed by atoms with Crippen molar-refractivity contribution in [2.75, 3.05) is 0 Å². The average Bonchev–Trinajstić information content (AvgIpc) is 2.39. The van der Waals surface area contributed by atoms with Gasteiger partial charge >= 0.3 is 11.9 Å². The van der Waals surface area contributed by atoms with Gasteiger partial charge in [-0.15, -0.1) is 0 Å². The zero-order valence-electron chi connectivity index (χ0n) is 11.2. The number of halogens is 3. The van der Waals surface area contributed by atoms with E-state index in [9.17, 15) is 28.4 Å². The molecule has 0 aliphatic carbocycles. The van der Waals surface area contributed by atoms with Crippen molar-refractivity contribution in [3.8, 4) is 17.2 Å². The zero-order chi connectivity index (χ0) is 16.5. The van der Waals surface area contributed by atoms with E-state index in [0.29, 0.717) is 0 Å². The first kappa shape index (κ1) is 15.6. The number of hydrogen-bond acceptors (Lipinski definition) is 4. The summed E-state index contributed by atoms with van der Waals surface area (Å²) in [6, 6.07) is 6.26. The normalized spacial score (nSPS) is 11.3. The molecular formula is C14H10F3NO4. The topological polar surface area (TPSA) is 72.6 Å². The third-order valence-electron chi connectivity index (χ3n) is 2.87. The Hall–Kier alpha value is -2.77. The van der Waals surface area contributed by atoms with E-state index in [4.69, 9.17) is 4.74 Å². The van der Waals surface area contributed by atoms with Crippen molar-refractivity contribution in [3.63, 3.8) is 0 Å². The van der Waals surface area contributed by atoms with Gasteiger partial charge in [0.25, 0.3) is 0 Å². The summed E-state index contributed by atoms with van der Waals surface area (Å²) in [7, 11) is 0. The van der Waals surface area contributed by atoms with Crippen molar-refractivity contribution in [1.82, 2.24) is 0 Å².